The van der Waals surface area contributed by atoms with Crippen molar-refractivity contribution in [3.05, 3.63) is 146 Å². The molecule has 3 aliphatic rings. The summed E-state index contributed by atoms with van der Waals surface area (Å²) in [4.78, 5) is 0. The normalized spacial score (nSPS) is 19.2. The average molecular weight is 817 g/mol. The first-order chi connectivity index (χ1) is 28.7. The first-order valence-electron chi connectivity index (χ1n) is 20.1. The molecular formula is C49H46N4O4P2+2. The van der Waals surface area contributed by atoms with Gasteiger partial charge in [-0.05, 0) is 81.2 Å². The summed E-state index contributed by atoms with van der Waals surface area (Å²) in [7, 11) is 4.54. The zero-order chi connectivity index (χ0) is 40.2. The summed E-state index contributed by atoms with van der Waals surface area (Å²) < 4.78 is 37.3. The van der Waals surface area contributed by atoms with Crippen molar-refractivity contribution < 1.29 is 18.5 Å². The Bertz CT molecular complexity index is 2600. The van der Waals surface area contributed by atoms with E-state index >= 15 is 0 Å². The summed E-state index contributed by atoms with van der Waals surface area (Å²) in [6.45, 7) is 3.88. The number of hydrogen-bond acceptors (Lipinski definition) is 8. The minimum atomic E-state index is -2.02. The van der Waals surface area contributed by atoms with E-state index in [2.05, 4.69) is 192 Å². The number of fused-ring (bicyclic) bond motifs is 14. The van der Waals surface area contributed by atoms with Crippen molar-refractivity contribution in [1.82, 2.24) is 0 Å². The molecule has 0 bridgehead atoms. The lowest BCUT2D eigenvalue weighted by atomic mass is 9.91. The molecular weight excluding hydrogens is 771 g/mol. The second kappa shape index (κ2) is 13.9. The summed E-state index contributed by atoms with van der Waals surface area (Å²) in [5, 5.41) is 9.63. The van der Waals surface area contributed by atoms with Gasteiger partial charge in [0.2, 0.25) is 0 Å². The topological polar surface area (TPSA) is 49.9 Å². The quantitative estimate of drug-likeness (QED) is 0.163. The molecule has 1 saturated heterocycles. The van der Waals surface area contributed by atoms with Gasteiger partial charge >= 0.3 is 16.9 Å². The molecule has 294 valence electrons. The maximum atomic E-state index is 7.30. The zero-order valence-corrected chi connectivity index (χ0v) is 35.9. The molecule has 0 radical (unpaired) electrons. The van der Waals surface area contributed by atoms with E-state index < -0.39 is 35.3 Å². The van der Waals surface area contributed by atoms with E-state index in [-0.39, 0.29) is 0 Å². The molecule has 3 heterocycles. The summed E-state index contributed by atoms with van der Waals surface area (Å²) in [6.07, 6.45) is -1.63. The van der Waals surface area contributed by atoms with E-state index in [0.717, 1.165) is 22.7 Å². The van der Waals surface area contributed by atoms with Crippen molar-refractivity contribution in [3.8, 4) is 22.3 Å². The maximum absolute atomic E-state index is 7.30. The molecule has 8 aromatic rings. The van der Waals surface area contributed by atoms with Gasteiger partial charge in [-0.15, -0.1) is 0 Å². The molecule has 2 atom stereocenters. The van der Waals surface area contributed by atoms with Crippen molar-refractivity contribution in [2.75, 3.05) is 46.9 Å². The molecule has 0 saturated carbocycles. The predicted octanol–water partition coefficient (Wildman–Crippen LogP) is 12.5. The molecule has 1 fully saturated rings. The van der Waals surface area contributed by atoms with Gasteiger partial charge in [0, 0.05) is 50.4 Å². The van der Waals surface area contributed by atoms with Gasteiger partial charge in [-0.1, -0.05) is 121 Å². The highest BCUT2D eigenvalue weighted by molar-refractivity contribution is 7.56. The van der Waals surface area contributed by atoms with Gasteiger partial charge in [-0.2, -0.15) is 9.05 Å². The molecule has 0 N–H and O–H groups in total. The van der Waals surface area contributed by atoms with Crippen LogP contribution in [0, 0.1) is 0 Å². The van der Waals surface area contributed by atoms with Crippen LogP contribution in [-0.2, 0) is 18.5 Å². The molecule has 10 heteroatoms. The number of anilines is 4. The van der Waals surface area contributed by atoms with Crippen LogP contribution in [0.1, 0.15) is 13.8 Å². The fourth-order valence-corrected chi connectivity index (χ4v) is 13.3. The molecule has 3 aliphatic heterocycles. The fourth-order valence-electron chi connectivity index (χ4n) is 9.45. The SMILES string of the molecule is CN1c2ccc3ccccc3c2-c2c(ccc3ccccc23)N(C)[PH+]1O[C@@H]1OC(C)(C)O[C@@H]1O[PH+]1N(C)c2ccc3ccccc3c2-c2c(ccc3ccccc23)N1C. The number of nitrogens with zero attached hydrogens (tertiary/aromatic N) is 4. The van der Waals surface area contributed by atoms with Crippen LogP contribution in [0.15, 0.2) is 146 Å². The van der Waals surface area contributed by atoms with Crippen LogP contribution < -0.4 is 18.7 Å². The van der Waals surface area contributed by atoms with Gasteiger partial charge < -0.3 is 9.47 Å². The van der Waals surface area contributed by atoms with Crippen LogP contribution in [0.2, 0.25) is 0 Å². The monoisotopic (exact) mass is 816 g/mol. The molecule has 11 rings (SSSR count). The second-order valence-corrected chi connectivity index (χ2v) is 20.4. The minimum absolute atomic E-state index is 0.815. The van der Waals surface area contributed by atoms with E-state index in [0.29, 0.717) is 0 Å². The van der Waals surface area contributed by atoms with Crippen molar-refractivity contribution in [1.29, 1.82) is 0 Å². The summed E-state index contributed by atoms with van der Waals surface area (Å²) >= 11 is 0. The van der Waals surface area contributed by atoms with Crippen molar-refractivity contribution >= 4 is 82.7 Å². The van der Waals surface area contributed by atoms with Crippen molar-refractivity contribution in [3.63, 3.8) is 0 Å². The standard InChI is InChI=1S/C49H44N4O4P2/c1-49(2)54-47(56-58-50(3)39-27-23-31-15-7-11-19-35(31)43(39)44-36-20-12-8-16-32(36)24-28-40(44)51(58)4)48(55-49)57-59-52(5)41-29-25-33-17-9-13-21-37(33)45(41)46-38-22-14-10-18-34(38)26-30-42(46)53(59)6/h7-30,47-48H,1-6H3/p+2/t47-,48+. The van der Waals surface area contributed by atoms with Crippen LogP contribution in [0.5, 0.6) is 0 Å². The first-order valence-corrected chi connectivity index (χ1v) is 22.7. The summed E-state index contributed by atoms with van der Waals surface area (Å²) in [6, 6.07) is 52.5. The lowest BCUT2D eigenvalue weighted by molar-refractivity contribution is -0.173. The highest BCUT2D eigenvalue weighted by Gasteiger charge is 2.54. The molecule has 0 aliphatic carbocycles. The number of hydrogen-bond donors (Lipinski definition) is 0. The second-order valence-electron chi connectivity index (χ2n) is 16.1. The molecule has 0 spiro atoms. The van der Waals surface area contributed by atoms with Crippen LogP contribution in [0.25, 0.3) is 65.3 Å². The lowest BCUT2D eigenvalue weighted by Crippen LogP contribution is -2.34. The molecule has 59 heavy (non-hydrogen) atoms. The smallest absolute Gasteiger partial charge is 0.312 e. The highest BCUT2D eigenvalue weighted by Crippen LogP contribution is 2.63. The number of ether oxygens (including phenoxy) is 2. The van der Waals surface area contributed by atoms with E-state index in [1.807, 2.05) is 13.8 Å². The van der Waals surface area contributed by atoms with Crippen LogP contribution in [0.4, 0.5) is 22.7 Å². The zero-order valence-electron chi connectivity index (χ0n) is 33.9. The van der Waals surface area contributed by atoms with Crippen LogP contribution in [0.3, 0.4) is 0 Å². The number of benzene rings is 8. The minimum Gasteiger partial charge on any atom is -0.312 e. The molecule has 0 unspecified atom stereocenters. The van der Waals surface area contributed by atoms with Gasteiger partial charge in [0.25, 0.3) is 12.6 Å². The number of rotatable bonds is 4. The molecule has 8 nitrogen and oxygen atoms in total. The first kappa shape index (κ1) is 36.8. The van der Waals surface area contributed by atoms with Crippen molar-refractivity contribution in [2.24, 2.45) is 0 Å². The van der Waals surface area contributed by atoms with Crippen LogP contribution in [-0.4, -0.2) is 46.6 Å². The Morgan fingerprint density at radius 1 is 0.390 bits per heavy atom. The van der Waals surface area contributed by atoms with Gasteiger partial charge in [-0.3, -0.25) is 0 Å². The molecule has 0 aromatic heterocycles. The Labute approximate surface area is 346 Å². The summed E-state index contributed by atoms with van der Waals surface area (Å²) in [5.74, 6) is -0.950. The fraction of sp³-hybridized carbons (Fsp3) is 0.184. The Morgan fingerprint density at radius 2 is 0.644 bits per heavy atom. The van der Waals surface area contributed by atoms with E-state index in [1.165, 1.54) is 65.3 Å². The van der Waals surface area contributed by atoms with E-state index in [9.17, 15) is 0 Å². The van der Waals surface area contributed by atoms with Gasteiger partial charge in [0.05, 0.1) is 22.7 Å². The lowest BCUT2D eigenvalue weighted by Gasteiger charge is -2.30. The Kier molecular flexibility index (Phi) is 8.65. The summed E-state index contributed by atoms with van der Waals surface area (Å²) in [5.41, 5.74) is 9.25. The Balaban J connectivity index is 1.01. The van der Waals surface area contributed by atoms with E-state index in [1.54, 1.807) is 0 Å². The molecule has 8 aromatic carbocycles. The van der Waals surface area contributed by atoms with Gasteiger partial charge in [0.15, 0.2) is 5.79 Å². The molecule has 0 amide bonds. The third-order valence-electron chi connectivity index (χ3n) is 12.2. The van der Waals surface area contributed by atoms with E-state index in [4.69, 9.17) is 18.5 Å². The maximum Gasteiger partial charge on any atom is 0.324 e. The van der Waals surface area contributed by atoms with Gasteiger partial charge in [-0.25, -0.2) is 18.7 Å². The largest absolute Gasteiger partial charge is 0.324 e. The van der Waals surface area contributed by atoms with Crippen molar-refractivity contribution in [2.45, 2.75) is 32.2 Å². The third-order valence-corrected chi connectivity index (χ3v) is 16.3. The average Bonchev–Trinajstić information content (AvgIpc) is 3.47. The highest BCUT2D eigenvalue weighted by atomic mass is 31.2. The Hall–Kier alpha value is -5.30. The van der Waals surface area contributed by atoms with Crippen LogP contribution >= 0.6 is 16.9 Å². The predicted molar refractivity (Wildman–Crippen MR) is 250 cm³/mol. The Morgan fingerprint density at radius 3 is 0.915 bits per heavy atom. The van der Waals surface area contributed by atoms with Gasteiger partial charge in [0.1, 0.15) is 0 Å². The third kappa shape index (κ3) is 5.81.